The molecule has 134 valence electrons. The van der Waals surface area contributed by atoms with Crippen molar-refractivity contribution in [1.29, 1.82) is 0 Å². The first-order chi connectivity index (χ1) is 12.1. The molecule has 0 unspecified atom stereocenters. The monoisotopic (exact) mass is 342 g/mol. The summed E-state index contributed by atoms with van der Waals surface area (Å²) in [5.41, 5.74) is 1.12. The van der Waals surface area contributed by atoms with Gasteiger partial charge < -0.3 is 14.5 Å². The van der Waals surface area contributed by atoms with Gasteiger partial charge in [-0.1, -0.05) is 30.4 Å². The van der Waals surface area contributed by atoms with E-state index in [1.54, 1.807) is 24.2 Å². The highest BCUT2D eigenvalue weighted by atomic mass is 16.5. The Morgan fingerprint density at radius 3 is 2.28 bits per heavy atom. The molecule has 0 radical (unpaired) electrons. The Kier molecular flexibility index (Phi) is 7.26. The van der Waals surface area contributed by atoms with Crippen molar-refractivity contribution >= 4 is 11.8 Å². The van der Waals surface area contributed by atoms with E-state index in [1.165, 1.54) is 0 Å². The average molecular weight is 342 g/mol. The number of carbonyl (C=O) groups is 2. The number of carbonyl (C=O) groups excluding carboxylic acids is 2. The van der Waals surface area contributed by atoms with E-state index < -0.39 is 0 Å². The van der Waals surface area contributed by atoms with Crippen LogP contribution in [0.25, 0.3) is 0 Å². The Balaban J connectivity index is 1.75. The normalized spacial score (nSPS) is 15.1. The topological polar surface area (TPSA) is 49.9 Å². The lowest BCUT2D eigenvalue weighted by molar-refractivity contribution is -0.137. The molecule has 1 aromatic rings. The summed E-state index contributed by atoms with van der Waals surface area (Å²) < 4.78 is 5.13. The largest absolute Gasteiger partial charge is 0.497 e. The smallest absolute Gasteiger partial charge is 0.246 e. The first kappa shape index (κ1) is 18.8. The van der Waals surface area contributed by atoms with Crippen molar-refractivity contribution in [3.05, 3.63) is 54.1 Å². The summed E-state index contributed by atoms with van der Waals surface area (Å²) in [5.74, 6) is 0.968. The highest BCUT2D eigenvalue weighted by Crippen LogP contribution is 2.13. The maximum absolute atomic E-state index is 12.4. The van der Waals surface area contributed by atoms with Gasteiger partial charge in [0.05, 0.1) is 7.11 Å². The number of methoxy groups -OCH3 is 1. The molecule has 2 rings (SSSR count). The molecule has 0 saturated carbocycles. The number of hydrogen-bond donors (Lipinski definition) is 0. The van der Waals surface area contributed by atoms with Crippen LogP contribution in [-0.2, 0) is 16.0 Å². The molecule has 1 saturated heterocycles. The molecule has 0 atom stereocenters. The van der Waals surface area contributed by atoms with E-state index in [0.29, 0.717) is 39.0 Å². The van der Waals surface area contributed by atoms with Crippen molar-refractivity contribution in [1.82, 2.24) is 9.80 Å². The molecule has 25 heavy (non-hydrogen) atoms. The van der Waals surface area contributed by atoms with E-state index in [2.05, 4.69) is 0 Å². The fourth-order valence-corrected chi connectivity index (χ4v) is 2.73. The number of aryl methyl sites for hydroxylation is 1. The Morgan fingerprint density at radius 2 is 1.68 bits per heavy atom. The summed E-state index contributed by atoms with van der Waals surface area (Å²) in [5, 5.41) is 0. The van der Waals surface area contributed by atoms with Gasteiger partial charge in [0.1, 0.15) is 5.75 Å². The van der Waals surface area contributed by atoms with E-state index in [1.807, 2.05) is 48.2 Å². The van der Waals surface area contributed by atoms with Crippen LogP contribution in [-0.4, -0.2) is 54.9 Å². The predicted molar refractivity (Wildman–Crippen MR) is 98.4 cm³/mol. The Morgan fingerprint density at radius 1 is 1.04 bits per heavy atom. The molecule has 1 heterocycles. The van der Waals surface area contributed by atoms with Crippen molar-refractivity contribution in [2.24, 2.45) is 0 Å². The summed E-state index contributed by atoms with van der Waals surface area (Å²) in [4.78, 5) is 28.0. The van der Waals surface area contributed by atoms with Gasteiger partial charge in [0.25, 0.3) is 0 Å². The lowest BCUT2D eigenvalue weighted by Gasteiger charge is -2.34. The molecular weight excluding hydrogens is 316 g/mol. The quantitative estimate of drug-likeness (QED) is 0.589. The molecule has 2 amide bonds. The third kappa shape index (κ3) is 5.78. The molecule has 0 aromatic heterocycles. The van der Waals surface area contributed by atoms with Crippen LogP contribution < -0.4 is 4.74 Å². The number of hydrogen-bond acceptors (Lipinski definition) is 3. The molecule has 0 spiro atoms. The van der Waals surface area contributed by atoms with Gasteiger partial charge in [-0.15, -0.1) is 0 Å². The second-order valence-corrected chi connectivity index (χ2v) is 5.94. The fourth-order valence-electron chi connectivity index (χ4n) is 2.73. The molecule has 5 heteroatoms. The third-order valence-corrected chi connectivity index (χ3v) is 4.27. The Labute approximate surface area is 149 Å². The van der Waals surface area contributed by atoms with Gasteiger partial charge in [0.15, 0.2) is 0 Å². The van der Waals surface area contributed by atoms with E-state index in [-0.39, 0.29) is 11.8 Å². The molecule has 0 bridgehead atoms. The van der Waals surface area contributed by atoms with E-state index in [9.17, 15) is 9.59 Å². The van der Waals surface area contributed by atoms with Crippen LogP contribution in [0.15, 0.2) is 48.6 Å². The van der Waals surface area contributed by atoms with Gasteiger partial charge in [-0.3, -0.25) is 9.59 Å². The number of allylic oxidation sites excluding steroid dienone is 3. The minimum absolute atomic E-state index is 0.00318. The SMILES string of the molecule is C/C=C/C=C/C(=O)N1CCN(C(=O)CCc2ccc(OC)cc2)CC1. The zero-order valence-electron chi connectivity index (χ0n) is 15.0. The molecule has 5 nitrogen and oxygen atoms in total. The van der Waals surface area contributed by atoms with Crippen molar-refractivity contribution in [2.75, 3.05) is 33.3 Å². The van der Waals surface area contributed by atoms with Crippen LogP contribution in [0, 0.1) is 0 Å². The van der Waals surface area contributed by atoms with E-state index >= 15 is 0 Å². The molecule has 0 N–H and O–H groups in total. The molecule has 1 aliphatic heterocycles. The van der Waals surface area contributed by atoms with Crippen molar-refractivity contribution in [3.63, 3.8) is 0 Å². The zero-order chi connectivity index (χ0) is 18.1. The molecule has 1 aromatic carbocycles. The predicted octanol–water partition coefficient (Wildman–Crippen LogP) is 2.43. The lowest BCUT2D eigenvalue weighted by Crippen LogP contribution is -2.50. The van der Waals surface area contributed by atoms with Gasteiger partial charge in [-0.2, -0.15) is 0 Å². The third-order valence-electron chi connectivity index (χ3n) is 4.27. The summed E-state index contributed by atoms with van der Waals surface area (Å²) in [6.07, 6.45) is 8.23. The second-order valence-electron chi connectivity index (χ2n) is 5.94. The standard InChI is InChI=1S/C20H26N2O3/c1-3-4-5-6-19(23)21-13-15-22(16-14-21)20(24)12-9-17-7-10-18(25-2)11-8-17/h3-8,10-11H,9,12-16H2,1-2H3/b4-3+,6-5+. The zero-order valence-corrected chi connectivity index (χ0v) is 15.0. The maximum Gasteiger partial charge on any atom is 0.246 e. The average Bonchev–Trinajstić information content (AvgIpc) is 2.66. The second kappa shape index (κ2) is 9.67. The maximum atomic E-state index is 12.4. The van der Waals surface area contributed by atoms with Crippen LogP contribution in [0.5, 0.6) is 5.75 Å². The van der Waals surface area contributed by atoms with Crippen LogP contribution in [0.1, 0.15) is 18.9 Å². The highest BCUT2D eigenvalue weighted by Gasteiger charge is 2.22. The van der Waals surface area contributed by atoms with Crippen LogP contribution in [0.4, 0.5) is 0 Å². The van der Waals surface area contributed by atoms with Crippen molar-refractivity contribution in [2.45, 2.75) is 19.8 Å². The summed E-state index contributed by atoms with van der Waals surface area (Å²) in [6, 6.07) is 7.79. The fraction of sp³-hybridized carbons (Fsp3) is 0.400. The van der Waals surface area contributed by atoms with Gasteiger partial charge >= 0.3 is 0 Å². The Hall–Kier alpha value is -2.56. The molecule has 1 aliphatic rings. The number of rotatable bonds is 6. The van der Waals surface area contributed by atoms with Gasteiger partial charge in [-0.05, 0) is 31.0 Å². The molecule has 0 aliphatic carbocycles. The van der Waals surface area contributed by atoms with Crippen molar-refractivity contribution < 1.29 is 14.3 Å². The summed E-state index contributed by atoms with van der Waals surface area (Å²) in [7, 11) is 1.64. The lowest BCUT2D eigenvalue weighted by atomic mass is 10.1. The number of nitrogens with zero attached hydrogens (tertiary/aromatic N) is 2. The first-order valence-corrected chi connectivity index (χ1v) is 8.63. The minimum atomic E-state index is 0.00318. The summed E-state index contributed by atoms with van der Waals surface area (Å²) >= 11 is 0. The van der Waals surface area contributed by atoms with Gasteiger partial charge in [0, 0.05) is 38.7 Å². The summed E-state index contributed by atoms with van der Waals surface area (Å²) in [6.45, 7) is 4.29. The number of piperazine rings is 1. The van der Waals surface area contributed by atoms with E-state index in [0.717, 1.165) is 11.3 Å². The molecule has 1 fully saturated rings. The van der Waals surface area contributed by atoms with Crippen LogP contribution in [0.3, 0.4) is 0 Å². The number of ether oxygens (including phenoxy) is 1. The van der Waals surface area contributed by atoms with Crippen LogP contribution in [0.2, 0.25) is 0 Å². The van der Waals surface area contributed by atoms with Gasteiger partial charge in [0.2, 0.25) is 11.8 Å². The van der Waals surface area contributed by atoms with Gasteiger partial charge in [-0.25, -0.2) is 0 Å². The highest BCUT2D eigenvalue weighted by molar-refractivity contribution is 5.88. The molecular formula is C20H26N2O3. The number of amides is 2. The minimum Gasteiger partial charge on any atom is -0.497 e. The first-order valence-electron chi connectivity index (χ1n) is 8.63. The van der Waals surface area contributed by atoms with E-state index in [4.69, 9.17) is 4.74 Å². The van der Waals surface area contributed by atoms with Crippen molar-refractivity contribution in [3.8, 4) is 5.75 Å². The Bertz CT molecular complexity index is 627. The number of benzene rings is 1. The van der Waals surface area contributed by atoms with Crippen LogP contribution >= 0.6 is 0 Å².